The molecule has 2 aromatic carbocycles. The summed E-state index contributed by atoms with van der Waals surface area (Å²) in [6, 6.07) is 15.0. The Morgan fingerprint density at radius 3 is 1.15 bits per heavy atom. The summed E-state index contributed by atoms with van der Waals surface area (Å²) in [4.78, 5) is 49.3. The molecule has 268 valence electrons. The van der Waals surface area contributed by atoms with E-state index in [0.29, 0.717) is 33.7 Å². The van der Waals surface area contributed by atoms with E-state index < -0.39 is 11.6 Å². The molecule has 0 radical (unpaired) electrons. The number of nitrogens with zero attached hydrogens (tertiary/aromatic N) is 2. The molecule has 4 aliphatic rings. The van der Waals surface area contributed by atoms with Gasteiger partial charge in [0.15, 0.2) is 26.9 Å². The van der Waals surface area contributed by atoms with Gasteiger partial charge in [-0.2, -0.15) is 19.6 Å². The highest BCUT2D eigenvalue weighted by atomic mass is 35.5. The van der Waals surface area contributed by atoms with Crippen LogP contribution in [0.5, 0.6) is 0 Å². The Morgan fingerprint density at radius 1 is 0.542 bits per heavy atom. The van der Waals surface area contributed by atoms with Crippen LogP contribution in [-0.4, -0.2) is 38.5 Å². The molecule has 0 N–H and O–H groups in total. The fourth-order valence-corrected chi connectivity index (χ4v) is 7.63. The summed E-state index contributed by atoms with van der Waals surface area (Å²) in [7, 11) is 0. The maximum atomic E-state index is 5.94. The number of hydrogen-bond acceptors (Lipinski definition) is 10. The van der Waals surface area contributed by atoms with Gasteiger partial charge in [0.1, 0.15) is 0 Å². The fourth-order valence-electron chi connectivity index (χ4n) is 7.38. The Hall–Kier alpha value is -1.70. The maximum absolute atomic E-state index is 5.94. The monoisotopic (exact) mass is 710 g/mol. The van der Waals surface area contributed by atoms with Crippen LogP contribution in [0.1, 0.15) is 80.1 Å². The van der Waals surface area contributed by atoms with Crippen molar-refractivity contribution in [1.82, 2.24) is 0 Å². The van der Waals surface area contributed by atoms with Gasteiger partial charge in [-0.1, -0.05) is 77.6 Å². The SMILES string of the molecule is CC(C)[C@@H]1CC[C@@H](C)CC12OOCN(c1ccc(Cl)cc1)COO2.CC(C)[C@@H]1CC[C@@H](C)CC12OOCN(c1ccc(Cl)cc1)COO2. The van der Waals surface area contributed by atoms with Crippen molar-refractivity contribution < 1.29 is 39.1 Å². The van der Waals surface area contributed by atoms with Gasteiger partial charge < -0.3 is 9.80 Å². The first kappa shape index (κ1) is 37.6. The Kier molecular flexibility index (Phi) is 13.3. The molecular weight excluding hydrogens is 659 g/mol. The standard InChI is InChI=1S/2C18H26ClNO4/c2*1-13(2)17-9-4-14(3)10-18(17)23-21-11-20(12-22-24-18)16-7-5-15(19)6-8-16/h2*5-8,13-14,17H,4,9-12H2,1-3H3/t2*14-,17+/m11/s1. The van der Waals surface area contributed by atoms with Crippen LogP contribution in [0, 0.1) is 35.5 Å². The molecule has 4 fully saturated rings. The molecule has 48 heavy (non-hydrogen) atoms. The molecule has 0 amide bonds. The Balaban J connectivity index is 0.000000188. The molecule has 0 aromatic heterocycles. The van der Waals surface area contributed by atoms with Crippen LogP contribution in [-0.2, 0) is 39.1 Å². The second-order valence-corrected chi connectivity index (χ2v) is 15.3. The molecule has 2 aliphatic carbocycles. The molecule has 2 spiro atoms. The first-order chi connectivity index (χ1) is 23.0. The van der Waals surface area contributed by atoms with Crippen LogP contribution in [0.15, 0.2) is 48.5 Å². The largest absolute Gasteiger partial charge is 0.320 e. The second-order valence-electron chi connectivity index (χ2n) is 14.5. The van der Waals surface area contributed by atoms with Gasteiger partial charge in [-0.15, -0.1) is 0 Å². The van der Waals surface area contributed by atoms with Crippen molar-refractivity contribution in [2.24, 2.45) is 35.5 Å². The number of hydrogen-bond donors (Lipinski definition) is 0. The summed E-state index contributed by atoms with van der Waals surface area (Å²) in [6.07, 6.45) is 5.99. The van der Waals surface area contributed by atoms with Crippen molar-refractivity contribution in [1.29, 1.82) is 0 Å². The van der Waals surface area contributed by atoms with Crippen LogP contribution in [0.2, 0.25) is 10.0 Å². The summed E-state index contributed by atoms with van der Waals surface area (Å²) in [6.45, 7) is 14.3. The van der Waals surface area contributed by atoms with E-state index >= 15 is 0 Å². The second kappa shape index (κ2) is 17.0. The fraction of sp³-hybridized carbons (Fsp3) is 0.667. The highest BCUT2D eigenvalue weighted by Crippen LogP contribution is 2.46. The highest BCUT2D eigenvalue weighted by molar-refractivity contribution is 6.30. The van der Waals surface area contributed by atoms with Gasteiger partial charge in [0.05, 0.1) is 0 Å². The average Bonchev–Trinajstić information content (AvgIpc) is 3.02. The van der Waals surface area contributed by atoms with E-state index in [1.54, 1.807) is 0 Å². The van der Waals surface area contributed by atoms with Crippen LogP contribution >= 0.6 is 23.2 Å². The van der Waals surface area contributed by atoms with Gasteiger partial charge in [-0.05, 0) is 85.0 Å². The first-order valence-electron chi connectivity index (χ1n) is 17.2. The van der Waals surface area contributed by atoms with Crippen LogP contribution in [0.4, 0.5) is 11.4 Å². The van der Waals surface area contributed by atoms with E-state index in [0.717, 1.165) is 37.1 Å². The van der Waals surface area contributed by atoms with Gasteiger partial charge in [0, 0.05) is 46.1 Å². The van der Waals surface area contributed by atoms with Gasteiger partial charge in [0.25, 0.3) is 0 Å². The lowest BCUT2D eigenvalue weighted by Crippen LogP contribution is -2.52. The lowest BCUT2D eigenvalue weighted by molar-refractivity contribution is -0.542. The van der Waals surface area contributed by atoms with Crippen molar-refractivity contribution in [2.75, 3.05) is 36.7 Å². The normalized spacial score (nSPS) is 28.0. The smallest absolute Gasteiger partial charge is 0.237 e. The van der Waals surface area contributed by atoms with E-state index in [1.165, 1.54) is 12.8 Å². The van der Waals surface area contributed by atoms with Gasteiger partial charge in [0.2, 0.25) is 11.6 Å². The molecule has 10 nitrogen and oxygen atoms in total. The lowest BCUT2D eigenvalue weighted by atomic mass is 9.73. The Bertz CT molecular complexity index is 1150. The molecule has 0 unspecified atom stereocenters. The predicted octanol–water partition coefficient (Wildman–Crippen LogP) is 9.52. The lowest BCUT2D eigenvalue weighted by Gasteiger charge is -2.46. The van der Waals surface area contributed by atoms with Crippen LogP contribution in [0.3, 0.4) is 0 Å². The third kappa shape index (κ3) is 9.34. The molecule has 2 saturated heterocycles. The number of benzene rings is 2. The molecule has 2 saturated carbocycles. The molecule has 2 aliphatic heterocycles. The predicted molar refractivity (Wildman–Crippen MR) is 184 cm³/mol. The van der Waals surface area contributed by atoms with E-state index in [2.05, 4.69) is 41.5 Å². The van der Waals surface area contributed by atoms with Gasteiger partial charge in [-0.25, -0.2) is 19.6 Å². The number of anilines is 2. The minimum atomic E-state index is -0.822. The highest BCUT2D eigenvalue weighted by Gasteiger charge is 2.51. The zero-order valence-corrected chi connectivity index (χ0v) is 30.6. The molecular formula is C36H52Cl2N2O8. The Labute approximate surface area is 295 Å². The molecule has 2 heterocycles. The third-order valence-corrected chi connectivity index (χ3v) is 10.5. The van der Waals surface area contributed by atoms with Crippen molar-refractivity contribution in [2.45, 2.75) is 91.6 Å². The third-order valence-electron chi connectivity index (χ3n) is 9.96. The van der Waals surface area contributed by atoms with Crippen molar-refractivity contribution in [3.63, 3.8) is 0 Å². The van der Waals surface area contributed by atoms with Crippen molar-refractivity contribution >= 4 is 34.6 Å². The zero-order chi connectivity index (χ0) is 34.3. The summed E-state index contributed by atoms with van der Waals surface area (Å²) >= 11 is 11.9. The summed E-state index contributed by atoms with van der Waals surface area (Å²) in [5.74, 6) is 0.730. The van der Waals surface area contributed by atoms with E-state index in [1.807, 2.05) is 58.3 Å². The van der Waals surface area contributed by atoms with E-state index in [9.17, 15) is 0 Å². The van der Waals surface area contributed by atoms with Crippen LogP contribution < -0.4 is 9.80 Å². The van der Waals surface area contributed by atoms with Gasteiger partial charge in [-0.3, -0.25) is 0 Å². The molecule has 12 heteroatoms. The topological polar surface area (TPSA) is 80.3 Å². The zero-order valence-electron chi connectivity index (χ0n) is 29.1. The van der Waals surface area contributed by atoms with E-state index in [-0.39, 0.29) is 38.8 Å². The number of halogens is 2. The minimum Gasteiger partial charge on any atom is -0.320 e. The van der Waals surface area contributed by atoms with Crippen molar-refractivity contribution in [3.05, 3.63) is 58.6 Å². The molecule has 6 rings (SSSR count). The summed E-state index contributed by atoms with van der Waals surface area (Å²) in [5.41, 5.74) is 1.86. The van der Waals surface area contributed by atoms with Gasteiger partial charge >= 0.3 is 0 Å². The summed E-state index contributed by atoms with van der Waals surface area (Å²) < 4.78 is 0. The average molecular weight is 712 g/mol. The Morgan fingerprint density at radius 2 is 0.854 bits per heavy atom. The van der Waals surface area contributed by atoms with E-state index in [4.69, 9.17) is 62.3 Å². The first-order valence-corrected chi connectivity index (χ1v) is 18.0. The molecule has 0 bridgehead atoms. The maximum Gasteiger partial charge on any atom is 0.237 e. The molecule has 2 aromatic rings. The van der Waals surface area contributed by atoms with Crippen LogP contribution in [0.25, 0.3) is 0 Å². The number of rotatable bonds is 4. The molecule has 4 atom stereocenters. The summed E-state index contributed by atoms with van der Waals surface area (Å²) in [5, 5.41) is 1.38. The quantitative estimate of drug-likeness (QED) is 0.286. The minimum absolute atomic E-state index is 0.246. The van der Waals surface area contributed by atoms with Crippen molar-refractivity contribution in [3.8, 4) is 0 Å².